The molecule has 18 heteroatoms. The monoisotopic (exact) mass is 806 g/mol. The number of benzene rings is 2. The van der Waals surface area contributed by atoms with E-state index < -0.39 is 22.7 Å². The number of hydrogen-bond donors (Lipinski definition) is 2. The average Bonchev–Trinajstić information content (AvgIpc) is 3.54. The third-order valence-electron chi connectivity index (χ3n) is 11.7. The van der Waals surface area contributed by atoms with Crippen LogP contribution in [0.3, 0.4) is 0 Å². The van der Waals surface area contributed by atoms with Gasteiger partial charge in [-0.25, -0.2) is 23.2 Å². The van der Waals surface area contributed by atoms with E-state index in [2.05, 4.69) is 58.4 Å². The number of aromatic nitrogens is 4. The number of anilines is 3. The SMILES string of the molecule is Cn1nc(N2CCC(=O)NC2=O)c2ccc(C3CCN(C[C@@H]4CCCN(c5cccc(S(=O)(=O)N6CCC(Nc7ncc(OC(F)F)cn7)CC6)c5)C4)CC3)cc21. The van der Waals surface area contributed by atoms with Gasteiger partial charge in [0.05, 0.1) is 22.8 Å². The lowest BCUT2D eigenvalue weighted by Gasteiger charge is -2.39. The normalized spacial score (nSPS) is 21.0. The van der Waals surface area contributed by atoms with Crippen LogP contribution in [0.5, 0.6) is 5.75 Å². The Morgan fingerprint density at radius 2 is 1.72 bits per heavy atom. The van der Waals surface area contributed by atoms with Gasteiger partial charge in [-0.3, -0.25) is 19.7 Å². The minimum Gasteiger partial charge on any atom is -0.432 e. The molecule has 8 rings (SSSR count). The second-order valence-electron chi connectivity index (χ2n) is 15.4. The summed E-state index contributed by atoms with van der Waals surface area (Å²) in [5, 5.41) is 11.1. The zero-order valence-electron chi connectivity index (χ0n) is 31.9. The number of fused-ring (bicyclic) bond motifs is 1. The lowest BCUT2D eigenvalue weighted by Crippen LogP contribution is -2.49. The zero-order valence-corrected chi connectivity index (χ0v) is 32.7. The number of urea groups is 1. The Morgan fingerprint density at radius 3 is 2.46 bits per heavy atom. The number of halogens is 2. The van der Waals surface area contributed by atoms with E-state index in [0.29, 0.717) is 55.0 Å². The summed E-state index contributed by atoms with van der Waals surface area (Å²) >= 11 is 0. The number of aryl methyl sites for hydroxylation is 1. The highest BCUT2D eigenvalue weighted by molar-refractivity contribution is 7.89. The van der Waals surface area contributed by atoms with Crippen molar-refractivity contribution in [2.45, 2.75) is 68.4 Å². The topological polar surface area (TPSA) is 158 Å². The highest BCUT2D eigenvalue weighted by atomic mass is 32.2. The lowest BCUT2D eigenvalue weighted by atomic mass is 9.88. The summed E-state index contributed by atoms with van der Waals surface area (Å²) in [4.78, 5) is 39.0. The van der Waals surface area contributed by atoms with Crippen LogP contribution in [-0.2, 0) is 21.9 Å². The fourth-order valence-corrected chi connectivity index (χ4v) is 10.2. The van der Waals surface area contributed by atoms with Crippen molar-refractivity contribution in [2.24, 2.45) is 13.0 Å². The fourth-order valence-electron chi connectivity index (χ4n) is 8.70. The summed E-state index contributed by atoms with van der Waals surface area (Å²) < 4.78 is 60.1. The maximum Gasteiger partial charge on any atom is 0.387 e. The number of piperidine rings is 3. The van der Waals surface area contributed by atoms with Crippen LogP contribution >= 0.6 is 0 Å². The Labute approximate surface area is 330 Å². The predicted molar refractivity (Wildman–Crippen MR) is 210 cm³/mol. The molecule has 2 aromatic heterocycles. The molecule has 0 unspecified atom stereocenters. The molecule has 0 radical (unpaired) electrons. The van der Waals surface area contributed by atoms with E-state index in [1.54, 1.807) is 11.0 Å². The molecule has 0 aliphatic carbocycles. The van der Waals surface area contributed by atoms with Crippen LogP contribution in [0.1, 0.15) is 56.4 Å². The van der Waals surface area contributed by atoms with E-state index in [9.17, 15) is 26.8 Å². The third kappa shape index (κ3) is 8.67. The standard InChI is InChI=1S/C39H48F2N10O5S/c1-47-34-20-28(7-8-33(34)36(46-47)51-19-13-35(52)45-39(51)53)27-9-15-48(16-10-27)24-26-4-3-14-49(25-26)30-5-2-6-32(21-30)57(54,55)50-17-11-29(12-18-50)44-38-42-22-31(23-43-38)56-37(40)41/h2,5-8,20-23,26-27,29,37H,3-4,9-19,24-25H2,1H3,(H,42,43,44)(H,45,52,53)/t26-/m0/s1. The van der Waals surface area contributed by atoms with Crippen molar-refractivity contribution in [3.05, 3.63) is 60.4 Å². The molecule has 304 valence electrons. The number of amides is 3. The summed E-state index contributed by atoms with van der Waals surface area (Å²) in [6, 6.07) is 13.2. The van der Waals surface area contributed by atoms with Crippen molar-refractivity contribution in [3.63, 3.8) is 0 Å². The van der Waals surface area contributed by atoms with Crippen LogP contribution in [0.25, 0.3) is 10.9 Å². The first-order valence-electron chi connectivity index (χ1n) is 19.7. The number of sulfonamides is 1. The van der Waals surface area contributed by atoms with Crippen molar-refractivity contribution >= 4 is 50.3 Å². The van der Waals surface area contributed by atoms with Gasteiger partial charge >= 0.3 is 12.6 Å². The molecular formula is C39H48F2N10O5S. The number of alkyl halides is 2. The van der Waals surface area contributed by atoms with E-state index in [1.165, 1.54) is 22.3 Å². The van der Waals surface area contributed by atoms with E-state index in [0.717, 1.165) is 75.0 Å². The number of likely N-dealkylation sites (tertiary alicyclic amines) is 1. The molecule has 57 heavy (non-hydrogen) atoms. The molecule has 2 N–H and O–H groups in total. The van der Waals surface area contributed by atoms with Crippen LogP contribution in [0.15, 0.2) is 59.8 Å². The van der Waals surface area contributed by atoms with Gasteiger partial charge in [-0.05, 0) is 99.3 Å². The van der Waals surface area contributed by atoms with Crippen LogP contribution in [0.2, 0.25) is 0 Å². The van der Waals surface area contributed by atoms with Gasteiger partial charge in [0.1, 0.15) is 0 Å². The van der Waals surface area contributed by atoms with Gasteiger partial charge in [-0.15, -0.1) is 0 Å². The van der Waals surface area contributed by atoms with Crippen molar-refractivity contribution < 1.29 is 31.5 Å². The predicted octanol–water partition coefficient (Wildman–Crippen LogP) is 4.77. The molecule has 4 aliphatic rings. The maximum absolute atomic E-state index is 13.8. The molecule has 0 saturated carbocycles. The van der Waals surface area contributed by atoms with E-state index in [4.69, 9.17) is 0 Å². The van der Waals surface area contributed by atoms with Gasteiger partial charge in [0.15, 0.2) is 11.6 Å². The number of imide groups is 1. The smallest absolute Gasteiger partial charge is 0.387 e. The maximum atomic E-state index is 13.8. The van der Waals surface area contributed by atoms with Gasteiger partial charge in [-0.2, -0.15) is 18.2 Å². The molecule has 0 spiro atoms. The molecule has 2 aromatic carbocycles. The zero-order chi connectivity index (χ0) is 39.7. The molecular weight excluding hydrogens is 759 g/mol. The molecule has 0 bridgehead atoms. The number of rotatable bonds is 11. The molecule has 4 aromatic rings. The summed E-state index contributed by atoms with van der Waals surface area (Å²) in [7, 11) is -1.82. The number of nitrogens with one attached hydrogen (secondary N) is 2. The first-order chi connectivity index (χ1) is 27.5. The second-order valence-corrected chi connectivity index (χ2v) is 17.4. The molecule has 15 nitrogen and oxygen atoms in total. The molecule has 3 amide bonds. The van der Waals surface area contributed by atoms with Gasteiger partial charge in [-0.1, -0.05) is 12.1 Å². The Bertz CT molecular complexity index is 2190. The number of carbonyl (C=O) groups is 2. The van der Waals surface area contributed by atoms with Gasteiger partial charge in [0.25, 0.3) is 0 Å². The van der Waals surface area contributed by atoms with E-state index in [1.807, 2.05) is 29.9 Å². The fraction of sp³-hybridized carbons (Fsp3) is 0.513. The second kappa shape index (κ2) is 16.5. The number of nitrogens with zero attached hydrogens (tertiary/aromatic N) is 8. The largest absolute Gasteiger partial charge is 0.432 e. The van der Waals surface area contributed by atoms with Gasteiger partial charge in [0, 0.05) is 69.9 Å². The molecule has 1 atom stereocenters. The van der Waals surface area contributed by atoms with E-state index >= 15 is 0 Å². The molecule has 4 saturated heterocycles. The number of ether oxygens (including phenoxy) is 1. The minimum atomic E-state index is -3.71. The Kier molecular flexibility index (Phi) is 11.3. The summed E-state index contributed by atoms with van der Waals surface area (Å²) in [5.41, 5.74) is 3.17. The van der Waals surface area contributed by atoms with Crippen LogP contribution in [0, 0.1) is 5.92 Å². The summed E-state index contributed by atoms with van der Waals surface area (Å²) in [6.45, 7) is 2.81. The molecule has 4 aliphatic heterocycles. The van der Waals surface area contributed by atoms with E-state index in [-0.39, 0.29) is 30.1 Å². The first-order valence-corrected chi connectivity index (χ1v) is 21.1. The Morgan fingerprint density at radius 1 is 0.947 bits per heavy atom. The van der Waals surface area contributed by atoms with Crippen molar-refractivity contribution in [1.82, 2.24) is 34.3 Å². The highest BCUT2D eigenvalue weighted by Crippen LogP contribution is 2.35. The first kappa shape index (κ1) is 38.9. The Hall–Kier alpha value is -4.94. The number of hydrogen-bond acceptors (Lipinski definition) is 11. The van der Waals surface area contributed by atoms with Crippen molar-refractivity contribution in [2.75, 3.05) is 67.5 Å². The van der Waals surface area contributed by atoms with Crippen LogP contribution < -0.4 is 25.2 Å². The Balaban J connectivity index is 0.829. The quantitative estimate of drug-likeness (QED) is 0.215. The summed E-state index contributed by atoms with van der Waals surface area (Å²) in [5.74, 6) is 1.36. The minimum absolute atomic E-state index is 0.0580. The molecule has 4 fully saturated rings. The van der Waals surface area contributed by atoms with Gasteiger partial charge < -0.3 is 19.9 Å². The van der Waals surface area contributed by atoms with Crippen molar-refractivity contribution in [3.8, 4) is 5.75 Å². The summed E-state index contributed by atoms with van der Waals surface area (Å²) in [6.07, 6.45) is 8.00. The lowest BCUT2D eigenvalue weighted by molar-refractivity contribution is -0.120. The highest BCUT2D eigenvalue weighted by Gasteiger charge is 2.32. The third-order valence-corrected chi connectivity index (χ3v) is 13.6. The number of carbonyl (C=O) groups excluding carboxylic acids is 2. The van der Waals surface area contributed by atoms with Crippen LogP contribution in [-0.4, -0.2) is 114 Å². The molecule has 6 heterocycles. The van der Waals surface area contributed by atoms with Gasteiger partial charge in [0.2, 0.25) is 21.9 Å². The van der Waals surface area contributed by atoms with Crippen LogP contribution in [0.4, 0.5) is 31.0 Å². The van der Waals surface area contributed by atoms with Crippen molar-refractivity contribution in [1.29, 1.82) is 0 Å². The average molecular weight is 807 g/mol.